The Morgan fingerprint density at radius 3 is 2.08 bits per heavy atom. The van der Waals surface area contributed by atoms with Crippen LogP contribution < -0.4 is 11.5 Å². The summed E-state index contributed by atoms with van der Waals surface area (Å²) in [6.07, 6.45) is 16.9. The summed E-state index contributed by atoms with van der Waals surface area (Å²) in [6.45, 7) is 4.62. The first-order valence-electron chi connectivity index (χ1n) is 10.9. The summed E-state index contributed by atoms with van der Waals surface area (Å²) >= 11 is 0. The zero-order valence-corrected chi connectivity index (χ0v) is 16.7. The van der Waals surface area contributed by atoms with Gasteiger partial charge in [-0.1, -0.05) is 58.3 Å². The highest BCUT2D eigenvalue weighted by Crippen LogP contribution is 2.28. The molecule has 0 bridgehead atoms. The molecule has 148 valence electrons. The van der Waals surface area contributed by atoms with Gasteiger partial charge in [0.2, 0.25) is 5.91 Å². The summed E-state index contributed by atoms with van der Waals surface area (Å²) < 4.78 is 0. The maximum Gasteiger partial charge on any atom is 0.222 e. The van der Waals surface area contributed by atoms with Crippen LogP contribution in [0.25, 0.3) is 0 Å². The van der Waals surface area contributed by atoms with Crippen molar-refractivity contribution in [3.63, 3.8) is 0 Å². The van der Waals surface area contributed by atoms with Crippen LogP contribution in [0.4, 0.5) is 0 Å². The molecule has 0 aromatic rings. The van der Waals surface area contributed by atoms with Gasteiger partial charge in [-0.05, 0) is 51.1 Å². The van der Waals surface area contributed by atoms with Crippen LogP contribution >= 0.6 is 0 Å². The van der Waals surface area contributed by atoms with Gasteiger partial charge < -0.3 is 16.4 Å². The summed E-state index contributed by atoms with van der Waals surface area (Å²) in [4.78, 5) is 14.4. The van der Waals surface area contributed by atoms with Crippen LogP contribution in [0.5, 0.6) is 0 Å². The predicted octanol–water partition coefficient (Wildman–Crippen LogP) is 4.21. The van der Waals surface area contributed by atoms with Crippen molar-refractivity contribution >= 4 is 5.91 Å². The minimum Gasteiger partial charge on any atom is -0.339 e. The second-order valence-electron chi connectivity index (χ2n) is 7.79. The van der Waals surface area contributed by atoms with E-state index < -0.39 is 0 Å². The molecule has 0 radical (unpaired) electrons. The van der Waals surface area contributed by atoms with Gasteiger partial charge in [-0.25, -0.2) is 0 Å². The lowest BCUT2D eigenvalue weighted by molar-refractivity contribution is -0.131. The smallest absolute Gasteiger partial charge is 0.222 e. The standard InChI is InChI=1S/C21H43N3O/c1-2-3-4-5-6-7-8-9-12-19(13-10-16-22)20(15-17-23)24-18-11-14-21(24)25/h19-20H,2-18,22-23H2,1H3. The number of carbonyl (C=O) groups is 1. The SMILES string of the molecule is CCCCCCCCCCC(CCCN)C(CCN)N1CCCC1=O. The Balaban J connectivity index is 2.40. The first kappa shape index (κ1) is 22.4. The van der Waals surface area contributed by atoms with Crippen molar-refractivity contribution in [2.75, 3.05) is 19.6 Å². The number of nitrogens with two attached hydrogens (primary N) is 2. The molecule has 1 amide bonds. The van der Waals surface area contributed by atoms with E-state index in [1.807, 2.05) is 0 Å². The first-order valence-corrected chi connectivity index (χ1v) is 10.9. The van der Waals surface area contributed by atoms with E-state index in [0.717, 1.165) is 45.2 Å². The van der Waals surface area contributed by atoms with Gasteiger partial charge in [0, 0.05) is 19.0 Å². The molecular formula is C21H43N3O. The number of unbranched alkanes of at least 4 members (excludes halogenated alkanes) is 7. The van der Waals surface area contributed by atoms with Crippen LogP contribution in [0.15, 0.2) is 0 Å². The number of hydrogen-bond donors (Lipinski definition) is 2. The fourth-order valence-electron chi connectivity index (χ4n) is 4.29. The molecule has 0 aromatic heterocycles. The van der Waals surface area contributed by atoms with E-state index >= 15 is 0 Å². The molecule has 0 spiro atoms. The highest BCUT2D eigenvalue weighted by Gasteiger charge is 2.32. The summed E-state index contributed by atoms with van der Waals surface area (Å²) in [5.74, 6) is 0.918. The second-order valence-corrected chi connectivity index (χ2v) is 7.79. The molecule has 1 aliphatic rings. The lowest BCUT2D eigenvalue weighted by Crippen LogP contribution is -2.43. The van der Waals surface area contributed by atoms with E-state index in [-0.39, 0.29) is 0 Å². The van der Waals surface area contributed by atoms with Crippen molar-refractivity contribution in [3.05, 3.63) is 0 Å². The van der Waals surface area contributed by atoms with E-state index in [9.17, 15) is 4.79 Å². The summed E-state index contributed by atoms with van der Waals surface area (Å²) in [5, 5.41) is 0. The van der Waals surface area contributed by atoms with Crippen molar-refractivity contribution in [2.45, 2.75) is 103 Å². The van der Waals surface area contributed by atoms with Gasteiger partial charge >= 0.3 is 0 Å². The maximum atomic E-state index is 12.2. The highest BCUT2D eigenvalue weighted by molar-refractivity contribution is 5.78. The Kier molecular flexibility index (Phi) is 13.1. The minimum absolute atomic E-state index is 0.340. The largest absolute Gasteiger partial charge is 0.339 e. The molecule has 2 atom stereocenters. The summed E-state index contributed by atoms with van der Waals surface area (Å²) in [6, 6.07) is 0.344. The Labute approximate surface area is 156 Å². The zero-order chi connectivity index (χ0) is 18.3. The number of hydrogen-bond acceptors (Lipinski definition) is 3. The number of rotatable bonds is 16. The molecule has 0 saturated carbocycles. The molecular weight excluding hydrogens is 310 g/mol. The number of amides is 1. The van der Waals surface area contributed by atoms with Crippen LogP contribution in [0.3, 0.4) is 0 Å². The van der Waals surface area contributed by atoms with Gasteiger partial charge in [-0.3, -0.25) is 4.79 Å². The van der Waals surface area contributed by atoms with Crippen molar-refractivity contribution < 1.29 is 4.79 Å². The van der Waals surface area contributed by atoms with Gasteiger partial charge in [0.25, 0.3) is 0 Å². The summed E-state index contributed by atoms with van der Waals surface area (Å²) in [7, 11) is 0. The van der Waals surface area contributed by atoms with Crippen LogP contribution in [0.2, 0.25) is 0 Å². The number of carbonyl (C=O) groups excluding carboxylic acids is 1. The number of nitrogens with zero attached hydrogens (tertiary/aromatic N) is 1. The van der Waals surface area contributed by atoms with E-state index in [4.69, 9.17) is 11.5 Å². The molecule has 1 fully saturated rings. The molecule has 4 nitrogen and oxygen atoms in total. The molecule has 25 heavy (non-hydrogen) atoms. The predicted molar refractivity (Wildman–Crippen MR) is 107 cm³/mol. The normalized spacial score (nSPS) is 17.2. The number of likely N-dealkylation sites (tertiary alicyclic amines) is 1. The van der Waals surface area contributed by atoms with Crippen molar-refractivity contribution in [1.82, 2.24) is 4.90 Å². The molecule has 0 aromatic carbocycles. The van der Waals surface area contributed by atoms with Crippen LogP contribution in [-0.4, -0.2) is 36.5 Å². The molecule has 4 N–H and O–H groups in total. The van der Waals surface area contributed by atoms with E-state index in [1.54, 1.807) is 0 Å². The molecule has 1 heterocycles. The Bertz CT molecular complexity index is 335. The Morgan fingerprint density at radius 1 is 0.880 bits per heavy atom. The fraction of sp³-hybridized carbons (Fsp3) is 0.952. The minimum atomic E-state index is 0.340. The first-order chi connectivity index (χ1) is 12.2. The van der Waals surface area contributed by atoms with E-state index in [2.05, 4.69) is 11.8 Å². The third kappa shape index (κ3) is 9.05. The van der Waals surface area contributed by atoms with Gasteiger partial charge in [-0.15, -0.1) is 0 Å². The second kappa shape index (κ2) is 14.5. The van der Waals surface area contributed by atoms with Crippen LogP contribution in [0, 0.1) is 5.92 Å². The van der Waals surface area contributed by atoms with Gasteiger partial charge in [0.15, 0.2) is 0 Å². The molecule has 0 aliphatic carbocycles. The van der Waals surface area contributed by atoms with Gasteiger partial charge in [-0.2, -0.15) is 0 Å². The zero-order valence-electron chi connectivity index (χ0n) is 16.7. The fourth-order valence-corrected chi connectivity index (χ4v) is 4.29. The monoisotopic (exact) mass is 353 g/mol. The van der Waals surface area contributed by atoms with Gasteiger partial charge in [0.05, 0.1) is 0 Å². The molecule has 1 aliphatic heterocycles. The third-order valence-electron chi connectivity index (χ3n) is 5.72. The van der Waals surface area contributed by atoms with Crippen molar-refractivity contribution in [3.8, 4) is 0 Å². The Morgan fingerprint density at radius 2 is 1.52 bits per heavy atom. The Hall–Kier alpha value is -0.610. The average Bonchev–Trinajstić information content (AvgIpc) is 3.04. The quantitative estimate of drug-likeness (QED) is 0.408. The molecule has 2 unspecified atom stereocenters. The lowest BCUT2D eigenvalue weighted by Gasteiger charge is -2.35. The third-order valence-corrected chi connectivity index (χ3v) is 5.72. The van der Waals surface area contributed by atoms with E-state index in [1.165, 1.54) is 57.8 Å². The highest BCUT2D eigenvalue weighted by atomic mass is 16.2. The molecule has 4 heteroatoms. The molecule has 1 saturated heterocycles. The lowest BCUT2D eigenvalue weighted by atomic mass is 9.86. The topological polar surface area (TPSA) is 72.3 Å². The summed E-state index contributed by atoms with van der Waals surface area (Å²) in [5.41, 5.74) is 11.6. The van der Waals surface area contributed by atoms with Crippen molar-refractivity contribution in [2.24, 2.45) is 17.4 Å². The van der Waals surface area contributed by atoms with E-state index in [0.29, 0.717) is 24.4 Å². The van der Waals surface area contributed by atoms with Crippen LogP contribution in [-0.2, 0) is 4.79 Å². The van der Waals surface area contributed by atoms with Crippen LogP contribution in [0.1, 0.15) is 96.8 Å². The van der Waals surface area contributed by atoms with Gasteiger partial charge in [0.1, 0.15) is 0 Å². The van der Waals surface area contributed by atoms with Crippen molar-refractivity contribution in [1.29, 1.82) is 0 Å². The molecule has 1 rings (SSSR count). The maximum absolute atomic E-state index is 12.2. The average molecular weight is 354 g/mol.